The molecule has 3 radical (unpaired) electrons. The summed E-state index contributed by atoms with van der Waals surface area (Å²) in [6.45, 7) is 1.22. The van der Waals surface area contributed by atoms with Crippen molar-refractivity contribution in [2.24, 2.45) is 5.11 Å². The van der Waals surface area contributed by atoms with Crippen LogP contribution in [0.3, 0.4) is 0 Å². The average Bonchev–Trinajstić information content (AvgIpc) is 2.18. The van der Waals surface area contributed by atoms with Gasteiger partial charge in [0.15, 0.2) is 0 Å². The molecule has 89 valence electrons. The smallest absolute Gasteiger partial charge is 0.109 e. The van der Waals surface area contributed by atoms with Gasteiger partial charge in [0.25, 0.3) is 0 Å². The summed E-state index contributed by atoms with van der Waals surface area (Å²) in [4.78, 5) is 2.56. The number of aliphatic hydroxyl groups is 3. The summed E-state index contributed by atoms with van der Waals surface area (Å²) in [6, 6.07) is -0.821. The van der Waals surface area contributed by atoms with Crippen LogP contribution in [0.15, 0.2) is 5.11 Å². The van der Waals surface area contributed by atoms with Gasteiger partial charge in [-0.3, -0.25) is 0 Å². The monoisotopic (exact) mass is 884 g/mol. The predicted octanol–water partition coefficient (Wildman–Crippen LogP) is -0.833. The van der Waals surface area contributed by atoms with Gasteiger partial charge in [0.1, 0.15) is 12.2 Å². The zero-order valence-corrected chi connectivity index (χ0v) is 23.7. The second kappa shape index (κ2) is 13.2. The Hall–Kier alpha value is 3.47. The van der Waals surface area contributed by atoms with Crippen molar-refractivity contribution in [2.45, 2.75) is 37.4 Å². The molecule has 0 saturated carbocycles. The van der Waals surface area contributed by atoms with Gasteiger partial charge in [-0.1, -0.05) is 5.11 Å². The summed E-state index contributed by atoms with van der Waals surface area (Å²) in [6.07, 6.45) is -3.79. The summed E-state index contributed by atoms with van der Waals surface area (Å²) >= 11 is 0. The van der Waals surface area contributed by atoms with Crippen molar-refractivity contribution in [1.29, 1.82) is 0 Å². The number of ether oxygens (including phenoxy) is 1. The van der Waals surface area contributed by atoms with Crippen molar-refractivity contribution >= 4 is 0 Å². The Morgan fingerprint density at radius 1 is 1.24 bits per heavy atom. The Morgan fingerprint density at radius 2 is 1.76 bits per heavy atom. The van der Waals surface area contributed by atoms with E-state index >= 15 is 0 Å². The van der Waals surface area contributed by atoms with Crippen LogP contribution in [0.1, 0.15) is 6.92 Å². The summed E-state index contributed by atoms with van der Waals surface area (Å²) < 4.78 is 5.16. The van der Waals surface area contributed by atoms with Crippen molar-refractivity contribution in [3.63, 3.8) is 0 Å². The van der Waals surface area contributed by atoms with Crippen molar-refractivity contribution in [3.8, 4) is 0 Å². The van der Waals surface area contributed by atoms with E-state index in [1.165, 1.54) is 0 Å². The average molecular weight is 884 g/mol. The number of rotatable bonds is 2. The van der Waals surface area contributed by atoms with Crippen LogP contribution < -0.4 is 0 Å². The molecule has 1 rings (SSSR count). The number of hydrogen-bond donors (Lipinski definition) is 3. The Bertz CT molecular complexity index is 255. The summed E-state index contributed by atoms with van der Waals surface area (Å²) in [5.74, 6) is 0. The fourth-order valence-electron chi connectivity index (χ4n) is 1.51. The molecule has 0 aliphatic carbocycles. The normalized spacial score (nSPS) is 35.4. The minimum atomic E-state index is -1.23. The van der Waals surface area contributed by atoms with Gasteiger partial charge in [0.2, 0.25) is 0 Å². The molecular formula is C7H13Ac3N3O4. The Balaban J connectivity index is -0.000000653. The van der Waals surface area contributed by atoms with Crippen LogP contribution in [0.5, 0.6) is 0 Å². The van der Waals surface area contributed by atoms with Crippen molar-refractivity contribution in [1.82, 2.24) is 0 Å². The maximum atomic E-state index is 9.53. The fraction of sp³-hybridized carbons (Fsp3) is 1.00. The molecule has 17 heavy (non-hydrogen) atoms. The van der Waals surface area contributed by atoms with Crippen LogP contribution in [0.25, 0.3) is 10.4 Å². The molecule has 0 aromatic heterocycles. The second-order valence-electron chi connectivity index (χ2n) is 3.24. The molecule has 3 unspecified atom stereocenters. The molecule has 1 fully saturated rings. The van der Waals surface area contributed by atoms with Crippen LogP contribution in [0.2, 0.25) is 0 Å². The fourth-order valence-corrected chi connectivity index (χ4v) is 1.51. The van der Waals surface area contributed by atoms with Gasteiger partial charge in [0, 0.05) is 137 Å². The minimum absolute atomic E-state index is 0. The molecule has 0 amide bonds. The van der Waals surface area contributed by atoms with Crippen LogP contribution in [0, 0.1) is 132 Å². The molecule has 10 heteroatoms. The molecule has 0 spiro atoms. The van der Waals surface area contributed by atoms with E-state index in [1.54, 1.807) is 6.92 Å². The van der Waals surface area contributed by atoms with Gasteiger partial charge in [-0.05, 0) is 12.5 Å². The third-order valence-electron chi connectivity index (χ3n) is 2.32. The molecule has 0 bridgehead atoms. The standard InChI is InChI=1S/C7H13N3O4.3Ac/c1-3-5(9-10-8)7(13)6(12)4(2-11)14-3;;;/h3-7,11-13H,2H2,1H3;;;/t3-,4+,5?,6?,7?;;;/m0.../s1. The summed E-state index contributed by atoms with van der Waals surface area (Å²) in [5, 5.41) is 31.1. The molecule has 1 aliphatic rings. The predicted molar refractivity (Wildman–Crippen MR) is 46.4 cm³/mol. The SMILES string of the molecule is C[C@@H]1O[C@H](CO)C(O)C(O)C1N=[N+]=[N-].[Ac].[Ac].[Ac]. The maximum absolute atomic E-state index is 9.53. The zero-order valence-electron chi connectivity index (χ0n) is 9.42. The number of aliphatic hydroxyl groups excluding tert-OH is 3. The van der Waals surface area contributed by atoms with Crippen molar-refractivity contribution in [2.75, 3.05) is 6.61 Å². The van der Waals surface area contributed by atoms with E-state index in [1.807, 2.05) is 0 Å². The van der Waals surface area contributed by atoms with E-state index in [9.17, 15) is 10.2 Å². The van der Waals surface area contributed by atoms with Gasteiger partial charge < -0.3 is 20.1 Å². The van der Waals surface area contributed by atoms with Gasteiger partial charge in [-0.25, -0.2) is 0 Å². The van der Waals surface area contributed by atoms with Gasteiger partial charge >= 0.3 is 0 Å². The minimum Gasteiger partial charge on any atom is -0.394 e. The molecule has 0 aromatic rings. The molecule has 1 saturated heterocycles. The van der Waals surface area contributed by atoms with Gasteiger partial charge in [-0.15, -0.1) is 0 Å². The van der Waals surface area contributed by atoms with Gasteiger partial charge in [-0.2, -0.15) is 0 Å². The molecule has 1 aliphatic heterocycles. The largest absolute Gasteiger partial charge is 0.394 e. The third-order valence-corrected chi connectivity index (χ3v) is 2.32. The van der Waals surface area contributed by atoms with Crippen LogP contribution in [-0.4, -0.2) is 52.4 Å². The molecule has 0 aromatic carbocycles. The Kier molecular flexibility index (Phi) is 19.7. The number of azide groups is 1. The van der Waals surface area contributed by atoms with Gasteiger partial charge in [0.05, 0.1) is 24.9 Å². The molecule has 5 atom stereocenters. The third kappa shape index (κ3) is 7.33. The van der Waals surface area contributed by atoms with Crippen molar-refractivity contribution in [3.05, 3.63) is 10.4 Å². The first-order valence-corrected chi connectivity index (χ1v) is 4.28. The Labute approximate surface area is 207 Å². The summed E-state index contributed by atoms with van der Waals surface area (Å²) in [7, 11) is 0. The quantitative estimate of drug-likeness (QED) is 0.191. The molecular weight excluding hydrogens is 871 g/mol. The van der Waals surface area contributed by atoms with Crippen LogP contribution in [0.4, 0.5) is 0 Å². The van der Waals surface area contributed by atoms with E-state index < -0.39 is 30.5 Å². The Morgan fingerprint density at radius 3 is 2.18 bits per heavy atom. The van der Waals surface area contributed by atoms with E-state index in [4.69, 9.17) is 15.4 Å². The zero-order chi connectivity index (χ0) is 10.7. The number of nitrogens with zero attached hydrogens (tertiary/aromatic N) is 3. The summed E-state index contributed by atoms with van der Waals surface area (Å²) in [5.41, 5.74) is 8.22. The van der Waals surface area contributed by atoms with E-state index in [0.29, 0.717) is 0 Å². The first-order valence-electron chi connectivity index (χ1n) is 4.28. The number of hydrogen-bond acceptors (Lipinski definition) is 5. The van der Waals surface area contributed by atoms with Crippen LogP contribution in [-0.2, 0) is 4.74 Å². The van der Waals surface area contributed by atoms with E-state index in [0.717, 1.165) is 0 Å². The first-order chi connectivity index (χ1) is 6.61. The topological polar surface area (TPSA) is 119 Å². The van der Waals surface area contributed by atoms with Crippen LogP contribution >= 0.6 is 0 Å². The molecule has 7 nitrogen and oxygen atoms in total. The van der Waals surface area contributed by atoms with Crippen molar-refractivity contribution < 1.29 is 152 Å². The first kappa shape index (κ1) is 25.4. The van der Waals surface area contributed by atoms with E-state index in [-0.39, 0.29) is 139 Å². The second-order valence-corrected chi connectivity index (χ2v) is 3.24. The molecule has 1 heterocycles. The molecule has 3 N–H and O–H groups in total. The maximum Gasteiger partial charge on any atom is 0.109 e. The van der Waals surface area contributed by atoms with E-state index in [2.05, 4.69) is 10.0 Å².